The Kier molecular flexibility index (Phi) is 4.84. The first-order valence-electron chi connectivity index (χ1n) is 7.13. The average Bonchev–Trinajstić information content (AvgIpc) is 2.47. The molecule has 9 heteroatoms. The maximum absolute atomic E-state index is 12.6. The zero-order chi connectivity index (χ0) is 15.6. The van der Waals surface area contributed by atoms with E-state index in [1.807, 2.05) is 0 Å². The number of nitrogens with zero attached hydrogens (tertiary/aromatic N) is 2. The fourth-order valence-corrected chi connectivity index (χ4v) is 4.79. The summed E-state index contributed by atoms with van der Waals surface area (Å²) in [6, 6.07) is -0.988. The van der Waals surface area contributed by atoms with Gasteiger partial charge in [-0.15, -0.1) is 0 Å². The average molecular weight is 319 g/mol. The van der Waals surface area contributed by atoms with Gasteiger partial charge in [-0.1, -0.05) is 0 Å². The number of primary amides is 1. The quantitative estimate of drug-likeness (QED) is 0.714. The van der Waals surface area contributed by atoms with Crippen LogP contribution in [-0.4, -0.2) is 59.7 Å². The first-order valence-corrected chi connectivity index (χ1v) is 8.52. The van der Waals surface area contributed by atoms with Crippen molar-refractivity contribution in [1.29, 1.82) is 0 Å². The lowest BCUT2D eigenvalue weighted by atomic mass is 9.98. The van der Waals surface area contributed by atoms with E-state index >= 15 is 0 Å². The smallest absolute Gasteiger partial charge is 0.322 e. The van der Waals surface area contributed by atoms with Gasteiger partial charge in [-0.05, 0) is 32.1 Å². The summed E-state index contributed by atoms with van der Waals surface area (Å²) in [5.74, 6) is -1.81. The Labute approximate surface area is 124 Å². The molecule has 1 amide bonds. The van der Waals surface area contributed by atoms with Crippen LogP contribution in [0.5, 0.6) is 0 Å². The summed E-state index contributed by atoms with van der Waals surface area (Å²) < 4.78 is 27.6. The standard InChI is InChI=1S/C12H21N3O5S/c13-11(16)9-4-7-14(8-5-9)21(19,20)15-6-2-1-3-10(15)12(17)18/h9-10H,1-8H2,(H2,13,16)(H,17,18). The maximum Gasteiger partial charge on any atom is 0.322 e. The molecule has 2 heterocycles. The van der Waals surface area contributed by atoms with Gasteiger partial charge in [-0.25, -0.2) is 0 Å². The Balaban J connectivity index is 2.10. The van der Waals surface area contributed by atoms with Gasteiger partial charge in [-0.3, -0.25) is 9.59 Å². The minimum atomic E-state index is -3.79. The van der Waals surface area contributed by atoms with Crippen molar-refractivity contribution in [2.75, 3.05) is 19.6 Å². The molecule has 2 saturated heterocycles. The minimum absolute atomic E-state index is 0.207. The van der Waals surface area contributed by atoms with Gasteiger partial charge < -0.3 is 10.8 Å². The van der Waals surface area contributed by atoms with E-state index in [0.29, 0.717) is 32.1 Å². The number of aliphatic carboxylic acids is 1. The van der Waals surface area contributed by atoms with E-state index in [4.69, 9.17) is 5.73 Å². The monoisotopic (exact) mass is 319 g/mol. The number of carbonyl (C=O) groups is 2. The first kappa shape index (κ1) is 16.2. The Morgan fingerprint density at radius 2 is 1.67 bits per heavy atom. The highest BCUT2D eigenvalue weighted by Crippen LogP contribution is 2.26. The lowest BCUT2D eigenvalue weighted by Crippen LogP contribution is -2.55. The normalized spacial score (nSPS) is 26.6. The molecule has 8 nitrogen and oxygen atoms in total. The molecule has 2 aliphatic heterocycles. The number of piperidine rings is 2. The number of hydrogen-bond acceptors (Lipinski definition) is 4. The van der Waals surface area contributed by atoms with Crippen LogP contribution in [0.25, 0.3) is 0 Å². The topological polar surface area (TPSA) is 121 Å². The second kappa shape index (κ2) is 6.29. The van der Waals surface area contributed by atoms with Gasteiger partial charge in [0.25, 0.3) is 10.2 Å². The van der Waals surface area contributed by atoms with Gasteiger partial charge in [0.15, 0.2) is 0 Å². The second-order valence-corrected chi connectivity index (χ2v) is 7.43. The molecular formula is C12H21N3O5S. The van der Waals surface area contributed by atoms with Gasteiger partial charge in [-0.2, -0.15) is 17.0 Å². The van der Waals surface area contributed by atoms with Crippen LogP contribution in [-0.2, 0) is 19.8 Å². The molecule has 0 spiro atoms. The molecule has 0 radical (unpaired) electrons. The Hall–Kier alpha value is -1.19. The number of carboxylic acid groups (broad SMARTS) is 1. The van der Waals surface area contributed by atoms with Crippen LogP contribution in [0.3, 0.4) is 0 Å². The summed E-state index contributed by atoms with van der Waals surface area (Å²) in [6.07, 6.45) is 2.50. The molecule has 0 bridgehead atoms. The predicted molar refractivity (Wildman–Crippen MR) is 74.4 cm³/mol. The molecule has 0 saturated carbocycles. The zero-order valence-electron chi connectivity index (χ0n) is 11.8. The molecular weight excluding hydrogens is 298 g/mol. The highest BCUT2D eigenvalue weighted by molar-refractivity contribution is 7.86. The van der Waals surface area contributed by atoms with E-state index in [1.54, 1.807) is 0 Å². The summed E-state index contributed by atoms with van der Waals surface area (Å²) in [7, 11) is -3.79. The number of hydrogen-bond donors (Lipinski definition) is 2. The lowest BCUT2D eigenvalue weighted by Gasteiger charge is -2.38. The second-order valence-electron chi connectivity index (χ2n) is 5.54. The van der Waals surface area contributed by atoms with Gasteiger partial charge in [0, 0.05) is 25.6 Å². The maximum atomic E-state index is 12.6. The zero-order valence-corrected chi connectivity index (χ0v) is 12.6. The highest BCUT2D eigenvalue weighted by Gasteiger charge is 2.41. The van der Waals surface area contributed by atoms with Crippen LogP contribution in [0.2, 0.25) is 0 Å². The van der Waals surface area contributed by atoms with E-state index in [-0.39, 0.29) is 25.6 Å². The van der Waals surface area contributed by atoms with Crippen molar-refractivity contribution in [1.82, 2.24) is 8.61 Å². The lowest BCUT2D eigenvalue weighted by molar-refractivity contribution is -0.142. The third-order valence-electron chi connectivity index (χ3n) is 4.22. The van der Waals surface area contributed by atoms with Crippen LogP contribution in [0.4, 0.5) is 0 Å². The Bertz CT molecular complexity index is 513. The first-order chi connectivity index (χ1) is 9.84. The molecule has 1 atom stereocenters. The molecule has 21 heavy (non-hydrogen) atoms. The van der Waals surface area contributed by atoms with Crippen LogP contribution < -0.4 is 5.73 Å². The van der Waals surface area contributed by atoms with Crippen molar-refractivity contribution >= 4 is 22.1 Å². The predicted octanol–water partition coefficient (Wildman–Crippen LogP) is -0.632. The minimum Gasteiger partial charge on any atom is -0.480 e. The SMILES string of the molecule is NC(=O)C1CCN(S(=O)(=O)N2CCCCC2C(=O)O)CC1. The van der Waals surface area contributed by atoms with E-state index in [9.17, 15) is 23.1 Å². The third-order valence-corrected chi connectivity index (χ3v) is 6.27. The molecule has 120 valence electrons. The number of carbonyl (C=O) groups excluding carboxylic acids is 1. The van der Waals surface area contributed by atoms with E-state index in [2.05, 4.69) is 0 Å². The van der Waals surface area contributed by atoms with Gasteiger partial charge in [0.2, 0.25) is 5.91 Å². The van der Waals surface area contributed by atoms with Crippen LogP contribution >= 0.6 is 0 Å². The van der Waals surface area contributed by atoms with Crippen LogP contribution in [0.15, 0.2) is 0 Å². The van der Waals surface area contributed by atoms with Crippen molar-refractivity contribution in [2.45, 2.75) is 38.1 Å². The molecule has 3 N–H and O–H groups in total. The molecule has 2 aliphatic rings. The summed E-state index contributed by atoms with van der Waals surface area (Å²) in [6.45, 7) is 0.645. The van der Waals surface area contributed by atoms with Gasteiger partial charge in [0.05, 0.1) is 0 Å². The summed E-state index contributed by atoms with van der Waals surface area (Å²) in [4.78, 5) is 22.4. The fourth-order valence-electron chi connectivity index (χ4n) is 2.95. The van der Waals surface area contributed by atoms with Crippen LogP contribution in [0.1, 0.15) is 32.1 Å². The van der Waals surface area contributed by atoms with Crippen LogP contribution in [0, 0.1) is 5.92 Å². The molecule has 2 rings (SSSR count). The molecule has 1 unspecified atom stereocenters. The fraction of sp³-hybridized carbons (Fsp3) is 0.833. The number of amides is 1. The van der Waals surface area contributed by atoms with Crippen molar-refractivity contribution in [3.8, 4) is 0 Å². The number of carboxylic acids is 1. The van der Waals surface area contributed by atoms with Gasteiger partial charge in [0.1, 0.15) is 6.04 Å². The number of rotatable bonds is 4. The summed E-state index contributed by atoms with van der Waals surface area (Å²) in [5.41, 5.74) is 5.23. The Morgan fingerprint density at radius 1 is 1.05 bits per heavy atom. The van der Waals surface area contributed by atoms with Crippen molar-refractivity contribution in [3.63, 3.8) is 0 Å². The molecule has 0 aromatic rings. The van der Waals surface area contributed by atoms with Gasteiger partial charge >= 0.3 is 5.97 Å². The largest absolute Gasteiger partial charge is 0.480 e. The van der Waals surface area contributed by atoms with Crippen molar-refractivity contribution in [2.24, 2.45) is 11.7 Å². The molecule has 0 aliphatic carbocycles. The van der Waals surface area contributed by atoms with E-state index in [1.165, 1.54) is 4.31 Å². The van der Waals surface area contributed by atoms with Crippen molar-refractivity contribution in [3.05, 3.63) is 0 Å². The third kappa shape index (κ3) is 3.35. The van der Waals surface area contributed by atoms with E-state index in [0.717, 1.165) is 4.31 Å². The molecule has 0 aromatic heterocycles. The molecule has 0 aromatic carbocycles. The number of nitrogens with two attached hydrogens (primary N) is 1. The molecule has 2 fully saturated rings. The summed E-state index contributed by atoms with van der Waals surface area (Å²) >= 11 is 0. The summed E-state index contributed by atoms with van der Waals surface area (Å²) in [5, 5.41) is 9.20. The Morgan fingerprint density at radius 3 is 2.19 bits per heavy atom. The highest BCUT2D eigenvalue weighted by atomic mass is 32.2. The van der Waals surface area contributed by atoms with E-state index < -0.39 is 28.1 Å². The van der Waals surface area contributed by atoms with Crippen molar-refractivity contribution < 1.29 is 23.1 Å².